The normalized spacial score (nSPS) is 18.4. The lowest BCUT2D eigenvalue weighted by atomic mass is 9.98. The van der Waals surface area contributed by atoms with Gasteiger partial charge in [0.05, 0.1) is 16.6 Å². The van der Waals surface area contributed by atoms with Crippen LogP contribution < -0.4 is 11.1 Å². The van der Waals surface area contributed by atoms with E-state index in [4.69, 9.17) is 17.3 Å². The lowest BCUT2D eigenvalue weighted by Crippen LogP contribution is -2.08. The van der Waals surface area contributed by atoms with Crippen LogP contribution in [0.3, 0.4) is 0 Å². The van der Waals surface area contributed by atoms with Gasteiger partial charge in [0.15, 0.2) is 0 Å². The molecule has 1 unspecified atom stereocenters. The molecule has 0 fully saturated rings. The minimum Gasteiger partial charge on any atom is -0.330 e. The van der Waals surface area contributed by atoms with Crippen LogP contribution in [0.4, 0.5) is 5.69 Å². The number of nitrogens with two attached hydrogens (primary N) is 1. The minimum absolute atomic E-state index is 0.0212. The fourth-order valence-electron chi connectivity index (χ4n) is 1.98. The zero-order chi connectivity index (χ0) is 11.7. The van der Waals surface area contributed by atoms with E-state index in [0.29, 0.717) is 11.6 Å². The third kappa shape index (κ3) is 1.93. The SMILES string of the molecule is CC1C(=O)Nc2c(Cl)cc(CCCN)cc21. The molecule has 0 saturated heterocycles. The second kappa shape index (κ2) is 4.44. The minimum atomic E-state index is -0.106. The number of hydrogen-bond donors (Lipinski definition) is 2. The van der Waals surface area contributed by atoms with Crippen molar-refractivity contribution in [1.82, 2.24) is 0 Å². The first kappa shape index (κ1) is 11.4. The molecular formula is C12H15ClN2O. The Morgan fingerprint density at radius 3 is 2.94 bits per heavy atom. The number of carbonyl (C=O) groups is 1. The van der Waals surface area contributed by atoms with Crippen LogP contribution in [0.25, 0.3) is 0 Å². The van der Waals surface area contributed by atoms with Crippen LogP contribution in [0, 0.1) is 0 Å². The van der Waals surface area contributed by atoms with Crippen LogP contribution in [-0.4, -0.2) is 12.5 Å². The van der Waals surface area contributed by atoms with Gasteiger partial charge in [-0.25, -0.2) is 0 Å². The molecule has 3 nitrogen and oxygen atoms in total. The van der Waals surface area contributed by atoms with Crippen molar-refractivity contribution in [2.45, 2.75) is 25.7 Å². The molecule has 0 bridgehead atoms. The summed E-state index contributed by atoms with van der Waals surface area (Å²) in [6, 6.07) is 3.97. The zero-order valence-electron chi connectivity index (χ0n) is 9.22. The van der Waals surface area contributed by atoms with Crippen molar-refractivity contribution in [2.75, 3.05) is 11.9 Å². The molecule has 1 heterocycles. The van der Waals surface area contributed by atoms with Crippen LogP contribution in [-0.2, 0) is 11.2 Å². The van der Waals surface area contributed by atoms with E-state index in [1.807, 2.05) is 13.0 Å². The predicted octanol–water partition coefficient (Wildman–Crippen LogP) is 2.29. The summed E-state index contributed by atoms with van der Waals surface area (Å²) in [6.07, 6.45) is 1.84. The largest absolute Gasteiger partial charge is 0.330 e. The monoisotopic (exact) mass is 238 g/mol. The Balaban J connectivity index is 2.35. The average Bonchev–Trinajstić information content (AvgIpc) is 2.54. The molecule has 16 heavy (non-hydrogen) atoms. The summed E-state index contributed by atoms with van der Waals surface area (Å²) in [5.41, 5.74) is 8.41. The van der Waals surface area contributed by atoms with Crippen molar-refractivity contribution in [3.05, 3.63) is 28.3 Å². The molecule has 0 aliphatic carbocycles. The third-order valence-corrected chi connectivity index (χ3v) is 3.26. The first-order valence-electron chi connectivity index (χ1n) is 5.46. The van der Waals surface area contributed by atoms with Gasteiger partial charge in [0.1, 0.15) is 0 Å². The summed E-state index contributed by atoms with van der Waals surface area (Å²) >= 11 is 6.14. The van der Waals surface area contributed by atoms with Gasteiger partial charge in [-0.15, -0.1) is 0 Å². The Morgan fingerprint density at radius 1 is 1.50 bits per heavy atom. The molecule has 0 aromatic heterocycles. The number of halogens is 1. The van der Waals surface area contributed by atoms with E-state index in [2.05, 4.69) is 11.4 Å². The summed E-state index contributed by atoms with van der Waals surface area (Å²) in [7, 11) is 0. The maximum Gasteiger partial charge on any atom is 0.231 e. The molecule has 0 radical (unpaired) electrons. The number of benzene rings is 1. The Hall–Kier alpha value is -1.06. The summed E-state index contributed by atoms with van der Waals surface area (Å²) in [5, 5.41) is 3.43. The van der Waals surface area contributed by atoms with Gasteiger partial charge in [-0.3, -0.25) is 4.79 Å². The first-order valence-corrected chi connectivity index (χ1v) is 5.84. The molecule has 86 valence electrons. The number of hydrogen-bond acceptors (Lipinski definition) is 2. The molecular weight excluding hydrogens is 224 g/mol. The van der Waals surface area contributed by atoms with E-state index >= 15 is 0 Å². The number of aryl methyl sites for hydroxylation is 1. The van der Waals surface area contributed by atoms with Crippen LogP contribution >= 0.6 is 11.6 Å². The van der Waals surface area contributed by atoms with Crippen LogP contribution in [0.1, 0.15) is 30.4 Å². The van der Waals surface area contributed by atoms with Crippen molar-refractivity contribution in [1.29, 1.82) is 0 Å². The predicted molar refractivity (Wildman–Crippen MR) is 65.9 cm³/mol. The standard InChI is InChI=1S/C12H15ClN2O/c1-7-9-5-8(3-2-4-14)6-10(13)11(9)15-12(7)16/h5-7H,2-4,14H2,1H3,(H,15,16). The molecule has 1 aromatic carbocycles. The lowest BCUT2D eigenvalue weighted by molar-refractivity contribution is -0.116. The molecule has 2 rings (SSSR count). The highest BCUT2D eigenvalue weighted by Gasteiger charge is 2.28. The highest BCUT2D eigenvalue weighted by molar-refractivity contribution is 6.34. The summed E-state index contributed by atoms with van der Waals surface area (Å²) in [5.74, 6) is -0.0850. The Bertz CT molecular complexity index is 431. The Labute approximate surface area is 100.0 Å². The number of fused-ring (bicyclic) bond motifs is 1. The molecule has 0 saturated carbocycles. The Morgan fingerprint density at radius 2 is 2.25 bits per heavy atom. The first-order chi connectivity index (χ1) is 7.63. The van der Waals surface area contributed by atoms with Crippen LogP contribution in [0.2, 0.25) is 5.02 Å². The third-order valence-electron chi connectivity index (χ3n) is 2.96. The summed E-state index contributed by atoms with van der Waals surface area (Å²) in [4.78, 5) is 11.5. The molecule has 1 atom stereocenters. The Kier molecular flexibility index (Phi) is 3.17. The van der Waals surface area contributed by atoms with Gasteiger partial charge in [0.25, 0.3) is 0 Å². The van der Waals surface area contributed by atoms with Gasteiger partial charge in [0, 0.05) is 0 Å². The van der Waals surface area contributed by atoms with E-state index in [9.17, 15) is 4.79 Å². The van der Waals surface area contributed by atoms with Gasteiger partial charge in [-0.05, 0) is 43.5 Å². The molecule has 3 N–H and O–H groups in total. The van der Waals surface area contributed by atoms with E-state index in [1.54, 1.807) is 0 Å². The average molecular weight is 239 g/mol. The molecule has 1 aliphatic heterocycles. The van der Waals surface area contributed by atoms with E-state index in [-0.39, 0.29) is 11.8 Å². The smallest absolute Gasteiger partial charge is 0.231 e. The van der Waals surface area contributed by atoms with E-state index in [1.165, 1.54) is 0 Å². The van der Waals surface area contributed by atoms with Crippen molar-refractivity contribution >= 4 is 23.2 Å². The van der Waals surface area contributed by atoms with Crippen molar-refractivity contribution in [2.24, 2.45) is 5.73 Å². The fourth-order valence-corrected chi connectivity index (χ4v) is 2.28. The van der Waals surface area contributed by atoms with Gasteiger partial charge in [0.2, 0.25) is 5.91 Å². The van der Waals surface area contributed by atoms with E-state index in [0.717, 1.165) is 29.7 Å². The van der Waals surface area contributed by atoms with E-state index < -0.39 is 0 Å². The quantitative estimate of drug-likeness (QED) is 0.849. The lowest BCUT2D eigenvalue weighted by Gasteiger charge is -2.07. The van der Waals surface area contributed by atoms with Gasteiger partial charge in [-0.2, -0.15) is 0 Å². The zero-order valence-corrected chi connectivity index (χ0v) is 9.97. The van der Waals surface area contributed by atoms with Crippen LogP contribution in [0.15, 0.2) is 12.1 Å². The molecule has 4 heteroatoms. The van der Waals surface area contributed by atoms with Crippen LogP contribution in [0.5, 0.6) is 0 Å². The second-order valence-corrected chi connectivity index (χ2v) is 4.55. The highest BCUT2D eigenvalue weighted by atomic mass is 35.5. The maximum absolute atomic E-state index is 11.5. The summed E-state index contributed by atoms with van der Waals surface area (Å²) in [6.45, 7) is 2.56. The van der Waals surface area contributed by atoms with Gasteiger partial charge >= 0.3 is 0 Å². The van der Waals surface area contributed by atoms with Crippen molar-refractivity contribution in [3.63, 3.8) is 0 Å². The number of rotatable bonds is 3. The molecule has 1 aromatic rings. The van der Waals surface area contributed by atoms with Gasteiger partial charge in [-0.1, -0.05) is 17.7 Å². The molecule has 1 aliphatic rings. The fraction of sp³-hybridized carbons (Fsp3) is 0.417. The second-order valence-electron chi connectivity index (χ2n) is 4.15. The van der Waals surface area contributed by atoms with Gasteiger partial charge < -0.3 is 11.1 Å². The molecule has 1 amide bonds. The van der Waals surface area contributed by atoms with Crippen molar-refractivity contribution in [3.8, 4) is 0 Å². The topological polar surface area (TPSA) is 55.1 Å². The number of amides is 1. The number of nitrogens with one attached hydrogen (secondary N) is 1. The number of carbonyl (C=O) groups excluding carboxylic acids is 1. The molecule has 0 spiro atoms. The highest BCUT2D eigenvalue weighted by Crippen LogP contribution is 2.38. The van der Waals surface area contributed by atoms with Crippen molar-refractivity contribution < 1.29 is 4.79 Å². The maximum atomic E-state index is 11.5. The number of anilines is 1. The summed E-state index contributed by atoms with van der Waals surface area (Å²) < 4.78 is 0.